The predicted octanol–water partition coefficient (Wildman–Crippen LogP) is 0.0404. The molecule has 0 aromatic carbocycles. The lowest BCUT2D eigenvalue weighted by Crippen LogP contribution is -2.44. The summed E-state index contributed by atoms with van der Waals surface area (Å²) in [6.07, 6.45) is 3.32. The molecule has 1 aromatic rings. The quantitative estimate of drug-likeness (QED) is 0.844. The summed E-state index contributed by atoms with van der Waals surface area (Å²) in [5.41, 5.74) is 0.925. The molecular formula is C16H21N3O4. The van der Waals surface area contributed by atoms with Crippen LogP contribution < -0.4 is 0 Å². The summed E-state index contributed by atoms with van der Waals surface area (Å²) in [7, 11) is 0. The lowest BCUT2D eigenvalue weighted by atomic mass is 9.90. The van der Waals surface area contributed by atoms with E-state index in [1.54, 1.807) is 17.3 Å². The van der Waals surface area contributed by atoms with Gasteiger partial charge < -0.3 is 14.7 Å². The number of carboxylic acid groups (broad SMARTS) is 1. The van der Waals surface area contributed by atoms with Gasteiger partial charge in [0.05, 0.1) is 25.7 Å². The molecule has 0 aliphatic carbocycles. The lowest BCUT2D eigenvalue weighted by Gasteiger charge is -2.28. The molecule has 23 heavy (non-hydrogen) atoms. The van der Waals surface area contributed by atoms with Gasteiger partial charge in [-0.05, 0) is 17.7 Å². The van der Waals surface area contributed by atoms with Crippen LogP contribution in [0, 0.1) is 5.92 Å². The molecule has 0 bridgehead atoms. The first kappa shape index (κ1) is 15.9. The molecule has 1 amide bonds. The zero-order chi connectivity index (χ0) is 16.2. The Morgan fingerprint density at radius 1 is 1.22 bits per heavy atom. The number of amides is 1. The van der Waals surface area contributed by atoms with Crippen LogP contribution in [0.1, 0.15) is 11.5 Å². The molecule has 3 rings (SSSR count). The molecule has 0 saturated carbocycles. The molecule has 3 heterocycles. The van der Waals surface area contributed by atoms with E-state index in [0.29, 0.717) is 26.3 Å². The third-order valence-electron chi connectivity index (χ3n) is 4.59. The van der Waals surface area contributed by atoms with E-state index in [9.17, 15) is 14.7 Å². The second kappa shape index (κ2) is 7.06. The van der Waals surface area contributed by atoms with Gasteiger partial charge in [0.2, 0.25) is 5.91 Å². The molecule has 1 aromatic heterocycles. The molecule has 0 radical (unpaired) electrons. The van der Waals surface area contributed by atoms with Crippen molar-refractivity contribution in [3.05, 3.63) is 30.1 Å². The van der Waals surface area contributed by atoms with E-state index in [4.69, 9.17) is 4.74 Å². The summed E-state index contributed by atoms with van der Waals surface area (Å²) in [5.74, 6) is -1.60. The van der Waals surface area contributed by atoms with E-state index < -0.39 is 11.9 Å². The van der Waals surface area contributed by atoms with Crippen molar-refractivity contribution >= 4 is 11.9 Å². The van der Waals surface area contributed by atoms with E-state index in [1.165, 1.54) is 0 Å². The number of likely N-dealkylation sites (tertiary alicyclic amines) is 1. The van der Waals surface area contributed by atoms with Gasteiger partial charge in [-0.15, -0.1) is 0 Å². The van der Waals surface area contributed by atoms with Crippen LogP contribution in [0.4, 0.5) is 0 Å². The topological polar surface area (TPSA) is 83.0 Å². The van der Waals surface area contributed by atoms with E-state index in [1.807, 2.05) is 12.1 Å². The fourth-order valence-corrected chi connectivity index (χ4v) is 3.26. The van der Waals surface area contributed by atoms with Gasteiger partial charge in [-0.25, -0.2) is 0 Å². The average molecular weight is 319 g/mol. The predicted molar refractivity (Wildman–Crippen MR) is 81.9 cm³/mol. The Kier molecular flexibility index (Phi) is 4.88. The molecule has 1 N–H and O–H groups in total. The first-order valence-electron chi connectivity index (χ1n) is 7.86. The van der Waals surface area contributed by atoms with E-state index in [0.717, 1.165) is 18.7 Å². The normalized spacial score (nSPS) is 25.5. The molecule has 2 fully saturated rings. The minimum Gasteiger partial charge on any atom is -0.481 e. The third-order valence-corrected chi connectivity index (χ3v) is 4.59. The highest BCUT2D eigenvalue weighted by atomic mass is 16.5. The molecule has 0 spiro atoms. The molecule has 0 unspecified atom stereocenters. The number of hydrogen-bond donors (Lipinski definition) is 1. The monoisotopic (exact) mass is 319 g/mol. The highest BCUT2D eigenvalue weighted by Gasteiger charge is 2.40. The Balaban J connectivity index is 1.67. The number of carbonyl (C=O) groups excluding carboxylic acids is 1. The van der Waals surface area contributed by atoms with Gasteiger partial charge in [0.15, 0.2) is 0 Å². The van der Waals surface area contributed by atoms with Crippen molar-refractivity contribution in [3.63, 3.8) is 0 Å². The number of carboxylic acids is 1. The summed E-state index contributed by atoms with van der Waals surface area (Å²) in [6, 6.07) is 3.66. The number of carbonyl (C=O) groups is 2. The van der Waals surface area contributed by atoms with Crippen LogP contribution in [-0.4, -0.2) is 77.7 Å². The Bertz CT molecular complexity index is 560. The van der Waals surface area contributed by atoms with E-state index in [2.05, 4.69) is 9.88 Å². The van der Waals surface area contributed by atoms with Crippen molar-refractivity contribution in [2.24, 2.45) is 5.92 Å². The molecule has 7 heteroatoms. The summed E-state index contributed by atoms with van der Waals surface area (Å²) in [6.45, 7) is 3.83. The lowest BCUT2D eigenvalue weighted by molar-refractivity contribution is -0.142. The number of pyridine rings is 1. The smallest absolute Gasteiger partial charge is 0.308 e. The fraction of sp³-hybridized carbons (Fsp3) is 0.562. The second-order valence-corrected chi connectivity index (χ2v) is 6.02. The van der Waals surface area contributed by atoms with Crippen LogP contribution in [-0.2, 0) is 14.3 Å². The largest absolute Gasteiger partial charge is 0.481 e. The van der Waals surface area contributed by atoms with E-state index in [-0.39, 0.29) is 18.4 Å². The number of ether oxygens (including phenoxy) is 1. The molecule has 2 aliphatic heterocycles. The maximum atomic E-state index is 12.5. The Hall–Kier alpha value is -1.99. The third kappa shape index (κ3) is 3.68. The van der Waals surface area contributed by atoms with Crippen LogP contribution in [0.2, 0.25) is 0 Å². The fourth-order valence-electron chi connectivity index (χ4n) is 3.26. The second-order valence-electron chi connectivity index (χ2n) is 6.02. The molecule has 124 valence electrons. The Morgan fingerprint density at radius 3 is 2.57 bits per heavy atom. The van der Waals surface area contributed by atoms with E-state index >= 15 is 0 Å². The van der Waals surface area contributed by atoms with Crippen molar-refractivity contribution < 1.29 is 19.4 Å². The van der Waals surface area contributed by atoms with Gasteiger partial charge >= 0.3 is 5.97 Å². The van der Waals surface area contributed by atoms with Crippen LogP contribution in [0.25, 0.3) is 0 Å². The minimum atomic E-state index is -0.853. The Morgan fingerprint density at radius 2 is 1.91 bits per heavy atom. The first-order chi connectivity index (χ1) is 11.1. The number of aromatic nitrogens is 1. The van der Waals surface area contributed by atoms with Crippen LogP contribution in [0.3, 0.4) is 0 Å². The van der Waals surface area contributed by atoms with Crippen molar-refractivity contribution in [1.29, 1.82) is 0 Å². The standard InChI is InChI=1S/C16H21N3O4/c20-15(11-18-5-7-23-8-6-18)19-9-13(14(10-19)16(21)22)12-1-3-17-4-2-12/h1-4,13-14H,5-11H2,(H,21,22)/t13-,14+/m0/s1. The van der Waals surface area contributed by atoms with Gasteiger partial charge in [0.25, 0.3) is 0 Å². The average Bonchev–Trinajstić information content (AvgIpc) is 3.02. The van der Waals surface area contributed by atoms with Crippen molar-refractivity contribution in [1.82, 2.24) is 14.8 Å². The van der Waals surface area contributed by atoms with Gasteiger partial charge in [-0.2, -0.15) is 0 Å². The summed E-state index contributed by atoms with van der Waals surface area (Å²) in [5, 5.41) is 9.49. The van der Waals surface area contributed by atoms with Gasteiger partial charge in [0.1, 0.15) is 0 Å². The summed E-state index contributed by atoms with van der Waals surface area (Å²) in [4.78, 5) is 31.8. The van der Waals surface area contributed by atoms with Crippen LogP contribution in [0.15, 0.2) is 24.5 Å². The highest BCUT2D eigenvalue weighted by Crippen LogP contribution is 2.32. The van der Waals surface area contributed by atoms with Gasteiger partial charge in [-0.3, -0.25) is 19.5 Å². The minimum absolute atomic E-state index is 0.00490. The number of aliphatic carboxylic acids is 1. The molecule has 7 nitrogen and oxygen atoms in total. The zero-order valence-electron chi connectivity index (χ0n) is 12.9. The number of nitrogens with zero attached hydrogens (tertiary/aromatic N) is 3. The molecular weight excluding hydrogens is 298 g/mol. The molecule has 2 aliphatic rings. The summed E-state index contributed by atoms with van der Waals surface area (Å²) < 4.78 is 5.28. The Labute approximate surface area is 134 Å². The summed E-state index contributed by atoms with van der Waals surface area (Å²) >= 11 is 0. The van der Waals surface area contributed by atoms with Crippen molar-refractivity contribution in [2.75, 3.05) is 45.9 Å². The van der Waals surface area contributed by atoms with Gasteiger partial charge in [0, 0.05) is 44.5 Å². The van der Waals surface area contributed by atoms with Crippen molar-refractivity contribution in [3.8, 4) is 0 Å². The maximum absolute atomic E-state index is 12.5. The SMILES string of the molecule is O=C(O)[C@@H]1CN(C(=O)CN2CCOCC2)C[C@H]1c1ccncc1. The number of morpholine rings is 1. The highest BCUT2D eigenvalue weighted by molar-refractivity contribution is 5.81. The number of rotatable bonds is 4. The number of hydrogen-bond acceptors (Lipinski definition) is 5. The van der Waals surface area contributed by atoms with Crippen molar-refractivity contribution in [2.45, 2.75) is 5.92 Å². The first-order valence-corrected chi connectivity index (χ1v) is 7.86. The molecule has 2 atom stereocenters. The molecule has 2 saturated heterocycles. The van der Waals surface area contributed by atoms with Gasteiger partial charge in [-0.1, -0.05) is 0 Å². The van der Waals surface area contributed by atoms with Crippen LogP contribution >= 0.6 is 0 Å². The van der Waals surface area contributed by atoms with Crippen LogP contribution in [0.5, 0.6) is 0 Å². The maximum Gasteiger partial charge on any atom is 0.308 e. The zero-order valence-corrected chi connectivity index (χ0v) is 12.9.